The van der Waals surface area contributed by atoms with Gasteiger partial charge in [-0.05, 0) is 0 Å². The van der Waals surface area contributed by atoms with Crippen LogP contribution < -0.4 is 37.2 Å². The Morgan fingerprint density at radius 2 is 1.86 bits per heavy atom. The Labute approximate surface area is 121 Å². The maximum Gasteiger partial charge on any atom is 4.00 e. The first-order valence-electron chi connectivity index (χ1n) is 4.11. The minimum Gasteiger partial charge on any atom is -1.00 e. The molecule has 0 heterocycles. The molecular weight excluding hydrogens is 274 g/mol. The smallest absolute Gasteiger partial charge is 1.00 e. The summed E-state index contributed by atoms with van der Waals surface area (Å²) in [5.74, 6) is 0. The summed E-state index contributed by atoms with van der Waals surface area (Å²) in [6.07, 6.45) is 10.7. The van der Waals surface area contributed by atoms with Gasteiger partial charge in [-0.1, -0.05) is 39.5 Å². The summed E-state index contributed by atoms with van der Waals surface area (Å²) in [4.78, 5) is 0. The van der Waals surface area contributed by atoms with Crippen LogP contribution in [0.3, 0.4) is 0 Å². The van der Waals surface area contributed by atoms with Crippen LogP contribution in [0.25, 0.3) is 0 Å². The Bertz CT molecular complexity index is 176. The normalized spacial score (nSPS) is 12.1. The van der Waals surface area contributed by atoms with Gasteiger partial charge in [-0.2, -0.15) is 5.57 Å². The molecule has 0 aromatic carbocycles. The van der Waals surface area contributed by atoms with Gasteiger partial charge in [-0.3, -0.25) is 0 Å². The van der Waals surface area contributed by atoms with Gasteiger partial charge in [-0.15, -0.1) is 0 Å². The molecule has 1 aliphatic carbocycles. The molecule has 0 saturated carbocycles. The molecule has 4 heteroatoms. The number of hydrogen-bond acceptors (Lipinski definition) is 0. The summed E-state index contributed by atoms with van der Waals surface area (Å²) >= 11 is 0. The third-order valence-electron chi connectivity index (χ3n) is 1.86. The molecule has 0 radical (unpaired) electrons. The van der Waals surface area contributed by atoms with E-state index < -0.39 is 0 Å². The van der Waals surface area contributed by atoms with Crippen molar-refractivity contribution >= 4 is 0 Å². The molecule has 14 heavy (non-hydrogen) atoms. The van der Waals surface area contributed by atoms with Crippen molar-refractivity contribution in [2.24, 2.45) is 0 Å². The second-order valence-corrected chi connectivity index (χ2v) is 2.92. The fourth-order valence-electron chi connectivity index (χ4n) is 1.21. The van der Waals surface area contributed by atoms with E-state index in [1.807, 2.05) is 0 Å². The van der Waals surface area contributed by atoms with Crippen LogP contribution in [0.2, 0.25) is 0 Å². The largest absolute Gasteiger partial charge is 4.00 e. The summed E-state index contributed by atoms with van der Waals surface area (Å²) in [7, 11) is 0. The van der Waals surface area contributed by atoms with Crippen molar-refractivity contribution in [2.45, 2.75) is 39.5 Å². The van der Waals surface area contributed by atoms with Crippen molar-refractivity contribution in [2.75, 3.05) is 0 Å². The Morgan fingerprint density at radius 1 is 1.29 bits per heavy atom. The van der Waals surface area contributed by atoms with E-state index in [9.17, 15) is 0 Å². The Morgan fingerprint density at radius 3 is 2.21 bits per heavy atom. The average Bonchev–Trinajstić information content (AvgIpc) is 2.31. The Balaban J connectivity index is -0.000000125. The number of hydrogen-bond donors (Lipinski definition) is 0. The quantitative estimate of drug-likeness (QED) is 0.359. The maximum atomic E-state index is 3.37. The first kappa shape index (κ1) is 24.3. The van der Waals surface area contributed by atoms with E-state index in [0.29, 0.717) is 0 Å². The molecular formula is C10H15Cl3Ti. The van der Waals surface area contributed by atoms with Crippen molar-refractivity contribution in [1.29, 1.82) is 0 Å². The van der Waals surface area contributed by atoms with Crippen molar-refractivity contribution < 1.29 is 58.9 Å². The summed E-state index contributed by atoms with van der Waals surface area (Å²) < 4.78 is 0. The molecule has 0 aliphatic heterocycles. The van der Waals surface area contributed by atoms with Gasteiger partial charge in [0.05, 0.1) is 0 Å². The molecule has 0 unspecified atom stereocenters. The number of rotatable bonds is 3. The number of halogens is 3. The molecule has 0 N–H and O–H groups in total. The maximum absolute atomic E-state index is 3.37. The number of allylic oxidation sites excluding steroid dienone is 4. The molecule has 0 nitrogen and oxygen atoms in total. The molecule has 0 amide bonds. The summed E-state index contributed by atoms with van der Waals surface area (Å²) in [6.45, 7) is 4.36. The van der Waals surface area contributed by atoms with Crippen LogP contribution in [0, 0.1) is 6.08 Å². The van der Waals surface area contributed by atoms with E-state index in [2.05, 4.69) is 26.0 Å². The van der Waals surface area contributed by atoms with Crippen LogP contribution in [0.15, 0.2) is 17.2 Å². The zero-order valence-corrected chi connectivity index (χ0v) is 12.4. The Kier molecular flexibility index (Phi) is 24.5. The molecule has 80 valence electrons. The van der Waals surface area contributed by atoms with Gasteiger partial charge in [0.1, 0.15) is 0 Å². The monoisotopic (exact) mass is 288 g/mol. The molecule has 0 fully saturated rings. The van der Waals surface area contributed by atoms with E-state index >= 15 is 0 Å². The van der Waals surface area contributed by atoms with Crippen LogP contribution in [0.1, 0.15) is 39.5 Å². The second kappa shape index (κ2) is 14.1. The summed E-state index contributed by atoms with van der Waals surface area (Å²) in [6, 6.07) is 0. The molecule has 0 atom stereocenters. The zero-order chi connectivity index (χ0) is 7.40. The topological polar surface area (TPSA) is 0 Å². The molecule has 0 bridgehead atoms. The predicted molar refractivity (Wildman–Crippen MR) is 44.7 cm³/mol. The van der Waals surface area contributed by atoms with Gasteiger partial charge in [0.25, 0.3) is 0 Å². The first-order chi connectivity index (χ1) is 4.83. The Hall–Kier alpha value is 1.06. The van der Waals surface area contributed by atoms with Crippen molar-refractivity contribution in [3.8, 4) is 0 Å². The summed E-state index contributed by atoms with van der Waals surface area (Å²) in [5, 5.41) is 0. The number of unbranched alkanes of at least 4 members (excludes halogenated alkanes) is 1. The minimum absolute atomic E-state index is 0. The fourth-order valence-corrected chi connectivity index (χ4v) is 1.21. The van der Waals surface area contributed by atoms with E-state index in [1.54, 1.807) is 0 Å². The third-order valence-corrected chi connectivity index (χ3v) is 1.86. The van der Waals surface area contributed by atoms with Gasteiger partial charge < -0.3 is 37.2 Å². The first-order valence-corrected chi connectivity index (χ1v) is 4.11. The molecule has 1 rings (SSSR count). The SMILES string of the molecule is CCCCC1=[C-]C(C)=CC1.[Cl-].[Cl-].[Cl-].[Ti+4]. The molecule has 0 saturated heterocycles. The summed E-state index contributed by atoms with van der Waals surface area (Å²) in [5.41, 5.74) is 2.82. The van der Waals surface area contributed by atoms with Crippen LogP contribution in [0.4, 0.5) is 0 Å². The van der Waals surface area contributed by atoms with Gasteiger partial charge in [0, 0.05) is 0 Å². The van der Waals surface area contributed by atoms with Crippen LogP contribution in [-0.4, -0.2) is 0 Å². The van der Waals surface area contributed by atoms with E-state index in [1.165, 1.54) is 30.4 Å². The van der Waals surface area contributed by atoms with Gasteiger partial charge in [0.2, 0.25) is 0 Å². The zero-order valence-electron chi connectivity index (χ0n) is 8.54. The van der Waals surface area contributed by atoms with Crippen molar-refractivity contribution in [3.05, 3.63) is 23.3 Å². The fraction of sp³-hybridized carbons (Fsp3) is 0.600. The predicted octanol–water partition coefficient (Wildman–Crippen LogP) is -5.73. The van der Waals surface area contributed by atoms with E-state index in [-0.39, 0.29) is 58.9 Å². The third kappa shape index (κ3) is 9.61. The standard InChI is InChI=1S/C10H15.3ClH.Ti/c1-3-4-5-10-7-6-9(2)8-10;;;;/h6H,3-5,7H2,1-2H3;3*1H;/q-1;;;;+4/p-3. The van der Waals surface area contributed by atoms with Gasteiger partial charge >= 0.3 is 21.7 Å². The van der Waals surface area contributed by atoms with Gasteiger partial charge in [0.15, 0.2) is 0 Å². The van der Waals surface area contributed by atoms with Crippen LogP contribution >= 0.6 is 0 Å². The van der Waals surface area contributed by atoms with E-state index in [0.717, 1.165) is 6.42 Å². The minimum atomic E-state index is 0. The van der Waals surface area contributed by atoms with E-state index in [4.69, 9.17) is 0 Å². The van der Waals surface area contributed by atoms with Gasteiger partial charge in [-0.25, -0.2) is 17.7 Å². The average molecular weight is 289 g/mol. The molecule has 0 aromatic heterocycles. The molecule has 0 spiro atoms. The van der Waals surface area contributed by atoms with Crippen LogP contribution in [-0.2, 0) is 21.7 Å². The van der Waals surface area contributed by atoms with Crippen LogP contribution in [0.5, 0.6) is 0 Å². The van der Waals surface area contributed by atoms with Crippen molar-refractivity contribution in [1.82, 2.24) is 0 Å². The van der Waals surface area contributed by atoms with Crippen molar-refractivity contribution in [3.63, 3.8) is 0 Å². The second-order valence-electron chi connectivity index (χ2n) is 2.92. The molecule has 1 aliphatic rings. The molecule has 0 aromatic rings.